The molecule has 26 heavy (non-hydrogen) atoms. The van der Waals surface area contributed by atoms with Crippen molar-refractivity contribution in [3.63, 3.8) is 0 Å². The van der Waals surface area contributed by atoms with E-state index in [0.717, 1.165) is 21.8 Å². The normalized spacial score (nSPS) is 11.0. The van der Waals surface area contributed by atoms with Crippen LogP contribution in [0, 0.1) is 5.82 Å². The summed E-state index contributed by atoms with van der Waals surface area (Å²) in [6.07, 6.45) is 1.51. The lowest BCUT2D eigenvalue weighted by Gasteiger charge is -2.05. The topological polar surface area (TPSA) is 44.1 Å². The zero-order valence-corrected chi connectivity index (χ0v) is 14.8. The molecule has 0 aliphatic rings. The maximum atomic E-state index is 13.4. The third-order valence-corrected chi connectivity index (χ3v) is 5.28. The predicted molar refractivity (Wildman–Crippen MR) is 101 cm³/mol. The molecule has 4 rings (SSSR count). The van der Waals surface area contributed by atoms with Gasteiger partial charge in [-0.2, -0.15) is 0 Å². The number of benzene rings is 2. The minimum atomic E-state index is -0.317. The number of nitrogens with zero attached hydrogens (tertiary/aromatic N) is 2. The van der Waals surface area contributed by atoms with Crippen molar-refractivity contribution in [2.75, 3.05) is 7.11 Å². The molecule has 0 amide bonds. The summed E-state index contributed by atoms with van der Waals surface area (Å²) in [5.41, 5.74) is 2.27. The number of fused-ring (bicyclic) bond motifs is 1. The molecule has 0 saturated carbocycles. The van der Waals surface area contributed by atoms with Crippen molar-refractivity contribution in [3.05, 3.63) is 82.7 Å². The van der Waals surface area contributed by atoms with Crippen LogP contribution in [0.1, 0.15) is 5.56 Å². The number of thiophene rings is 1. The van der Waals surface area contributed by atoms with Crippen molar-refractivity contribution in [1.29, 1.82) is 0 Å². The smallest absolute Gasteiger partial charge is 0.271 e. The molecule has 0 radical (unpaired) electrons. The molecule has 4 nitrogen and oxygen atoms in total. The van der Waals surface area contributed by atoms with Crippen molar-refractivity contribution < 1.29 is 9.13 Å². The Hall–Kier alpha value is -2.99. The second-order valence-electron chi connectivity index (χ2n) is 5.86. The van der Waals surface area contributed by atoms with Crippen molar-refractivity contribution in [2.45, 2.75) is 6.54 Å². The van der Waals surface area contributed by atoms with Crippen LogP contribution in [0.15, 0.2) is 65.7 Å². The van der Waals surface area contributed by atoms with Crippen molar-refractivity contribution >= 4 is 21.6 Å². The van der Waals surface area contributed by atoms with Crippen LogP contribution in [-0.4, -0.2) is 16.7 Å². The first-order valence-corrected chi connectivity index (χ1v) is 8.83. The van der Waals surface area contributed by atoms with E-state index < -0.39 is 0 Å². The molecule has 0 N–H and O–H groups in total. The fourth-order valence-electron chi connectivity index (χ4n) is 2.79. The second-order valence-corrected chi connectivity index (χ2v) is 6.91. The van der Waals surface area contributed by atoms with Crippen LogP contribution in [0.5, 0.6) is 5.75 Å². The van der Waals surface area contributed by atoms with Gasteiger partial charge in [0, 0.05) is 4.88 Å². The quantitative estimate of drug-likeness (QED) is 0.540. The van der Waals surface area contributed by atoms with E-state index >= 15 is 0 Å². The van der Waals surface area contributed by atoms with Crippen LogP contribution in [0.25, 0.3) is 20.7 Å². The van der Waals surface area contributed by atoms with Crippen LogP contribution in [0.3, 0.4) is 0 Å². The highest BCUT2D eigenvalue weighted by Gasteiger charge is 2.11. The van der Waals surface area contributed by atoms with Crippen LogP contribution < -0.4 is 10.3 Å². The summed E-state index contributed by atoms with van der Waals surface area (Å²) in [6.45, 7) is 0.287. The predicted octanol–water partition coefficient (Wildman–Crippen LogP) is 4.32. The van der Waals surface area contributed by atoms with Crippen LogP contribution >= 0.6 is 11.3 Å². The lowest BCUT2D eigenvalue weighted by atomic mass is 10.2. The zero-order valence-electron chi connectivity index (χ0n) is 14.0. The third-order valence-electron chi connectivity index (χ3n) is 4.12. The average molecular weight is 366 g/mol. The van der Waals surface area contributed by atoms with Gasteiger partial charge in [-0.15, -0.1) is 11.3 Å². The first kappa shape index (κ1) is 16.5. The van der Waals surface area contributed by atoms with Gasteiger partial charge in [-0.1, -0.05) is 12.1 Å². The summed E-state index contributed by atoms with van der Waals surface area (Å²) < 4.78 is 20.6. The molecule has 130 valence electrons. The maximum absolute atomic E-state index is 13.4. The summed E-state index contributed by atoms with van der Waals surface area (Å²) in [6, 6.07) is 15.8. The van der Waals surface area contributed by atoms with E-state index in [1.54, 1.807) is 19.2 Å². The standard InChI is InChI=1S/C20H15FN2O2S/c1-25-16-7-5-14(6-8-16)18-10-17-19(26-18)20(24)23(12-22-17)11-13-3-2-4-15(21)9-13/h2-10,12H,11H2,1H3. The van der Waals surface area contributed by atoms with E-state index in [1.165, 1.54) is 34.4 Å². The van der Waals surface area contributed by atoms with Gasteiger partial charge >= 0.3 is 0 Å². The molecular formula is C20H15FN2O2S. The fraction of sp³-hybridized carbons (Fsp3) is 0.100. The Morgan fingerprint density at radius 3 is 2.69 bits per heavy atom. The minimum absolute atomic E-state index is 0.121. The zero-order chi connectivity index (χ0) is 18.1. The van der Waals surface area contributed by atoms with Gasteiger partial charge in [0.2, 0.25) is 0 Å². The number of halogens is 1. The summed E-state index contributed by atoms with van der Waals surface area (Å²) in [7, 11) is 1.62. The number of hydrogen-bond donors (Lipinski definition) is 0. The highest BCUT2D eigenvalue weighted by Crippen LogP contribution is 2.31. The van der Waals surface area contributed by atoms with Gasteiger partial charge in [-0.25, -0.2) is 9.37 Å². The highest BCUT2D eigenvalue weighted by atomic mass is 32.1. The van der Waals surface area contributed by atoms with E-state index in [1.807, 2.05) is 30.3 Å². The molecule has 2 heterocycles. The Labute approximate surface area is 153 Å². The first-order chi connectivity index (χ1) is 12.6. The molecule has 0 spiro atoms. The van der Waals surface area contributed by atoms with E-state index in [4.69, 9.17) is 4.74 Å². The van der Waals surface area contributed by atoms with Crippen LogP contribution in [0.4, 0.5) is 4.39 Å². The first-order valence-electron chi connectivity index (χ1n) is 8.02. The third kappa shape index (κ3) is 3.11. The molecule has 0 saturated heterocycles. The van der Waals surface area contributed by atoms with E-state index in [9.17, 15) is 9.18 Å². The van der Waals surface area contributed by atoms with Gasteiger partial charge < -0.3 is 4.74 Å². The molecule has 4 aromatic rings. The molecule has 0 atom stereocenters. The van der Waals surface area contributed by atoms with Crippen molar-refractivity contribution in [2.24, 2.45) is 0 Å². The summed E-state index contributed by atoms with van der Waals surface area (Å²) >= 11 is 1.41. The van der Waals surface area contributed by atoms with Gasteiger partial charge in [-0.05, 0) is 53.6 Å². The van der Waals surface area contributed by atoms with E-state index in [2.05, 4.69) is 4.98 Å². The molecule has 0 bridgehead atoms. The molecule has 2 aromatic heterocycles. The second kappa shape index (κ2) is 6.72. The highest BCUT2D eigenvalue weighted by molar-refractivity contribution is 7.22. The van der Waals surface area contributed by atoms with E-state index in [0.29, 0.717) is 10.2 Å². The largest absolute Gasteiger partial charge is 0.497 e. The van der Waals surface area contributed by atoms with Crippen LogP contribution in [-0.2, 0) is 6.54 Å². The summed E-state index contributed by atoms with van der Waals surface area (Å²) in [5, 5.41) is 0. The van der Waals surface area contributed by atoms with Gasteiger partial charge in [0.05, 0.1) is 25.5 Å². The van der Waals surface area contributed by atoms with Crippen molar-refractivity contribution in [1.82, 2.24) is 9.55 Å². The Morgan fingerprint density at radius 2 is 1.96 bits per heavy atom. The Balaban J connectivity index is 1.72. The maximum Gasteiger partial charge on any atom is 0.271 e. The number of rotatable bonds is 4. The Kier molecular flexibility index (Phi) is 4.26. The Morgan fingerprint density at radius 1 is 1.15 bits per heavy atom. The Bertz CT molecular complexity index is 1130. The van der Waals surface area contributed by atoms with Gasteiger partial charge in [0.1, 0.15) is 16.3 Å². The fourth-order valence-corrected chi connectivity index (χ4v) is 3.85. The number of aromatic nitrogens is 2. The van der Waals surface area contributed by atoms with Gasteiger partial charge in [0.25, 0.3) is 5.56 Å². The van der Waals surface area contributed by atoms with Crippen molar-refractivity contribution in [3.8, 4) is 16.2 Å². The summed E-state index contributed by atoms with van der Waals surface area (Å²) in [4.78, 5) is 18.1. The van der Waals surface area contributed by atoms with Gasteiger partial charge in [0.15, 0.2) is 0 Å². The molecular weight excluding hydrogens is 351 g/mol. The monoisotopic (exact) mass is 366 g/mol. The SMILES string of the molecule is COc1ccc(-c2cc3ncn(Cc4cccc(F)c4)c(=O)c3s2)cc1. The molecule has 0 fully saturated rings. The lowest BCUT2D eigenvalue weighted by Crippen LogP contribution is -2.20. The molecule has 0 unspecified atom stereocenters. The minimum Gasteiger partial charge on any atom is -0.497 e. The van der Waals surface area contributed by atoms with Crippen LogP contribution in [0.2, 0.25) is 0 Å². The lowest BCUT2D eigenvalue weighted by molar-refractivity contribution is 0.415. The number of hydrogen-bond acceptors (Lipinski definition) is 4. The number of methoxy groups -OCH3 is 1. The molecule has 2 aromatic carbocycles. The molecule has 0 aliphatic heterocycles. The molecule has 0 aliphatic carbocycles. The van der Waals surface area contributed by atoms with E-state index in [-0.39, 0.29) is 17.9 Å². The average Bonchev–Trinajstić information content (AvgIpc) is 3.09. The van der Waals surface area contributed by atoms with Gasteiger partial charge in [-0.3, -0.25) is 9.36 Å². The summed E-state index contributed by atoms with van der Waals surface area (Å²) in [5.74, 6) is 0.466. The number of ether oxygens (including phenoxy) is 1. The molecule has 6 heteroatoms.